The van der Waals surface area contributed by atoms with Crippen molar-refractivity contribution in [3.05, 3.63) is 93.5 Å². The Kier molecular flexibility index (Phi) is 5.25. The minimum absolute atomic E-state index is 0.155. The second-order valence-electron chi connectivity index (χ2n) is 7.26. The molecule has 3 aromatic rings. The summed E-state index contributed by atoms with van der Waals surface area (Å²) in [5.41, 5.74) is 3.22. The van der Waals surface area contributed by atoms with E-state index in [2.05, 4.69) is 17.0 Å². The maximum atomic E-state index is 12.4. The second-order valence-corrected chi connectivity index (χ2v) is 9.42. The van der Waals surface area contributed by atoms with Crippen LogP contribution in [0.4, 0.5) is 0 Å². The fourth-order valence-electron chi connectivity index (χ4n) is 3.37. The van der Waals surface area contributed by atoms with Crippen LogP contribution in [-0.2, 0) is 36.0 Å². The van der Waals surface area contributed by atoms with Crippen LogP contribution in [0.25, 0.3) is 0 Å². The molecule has 2 aromatic carbocycles. The van der Waals surface area contributed by atoms with Crippen LogP contribution < -0.4 is 10.2 Å². The highest BCUT2D eigenvalue weighted by Crippen LogP contribution is 2.24. The number of ether oxygens (including phenoxy) is 1. The van der Waals surface area contributed by atoms with E-state index in [0.717, 1.165) is 18.7 Å². The number of benzene rings is 2. The lowest BCUT2D eigenvalue weighted by atomic mass is 10.1. The van der Waals surface area contributed by atoms with Crippen LogP contribution in [0, 0.1) is 4.78 Å². The Morgan fingerprint density at radius 2 is 1.76 bits per heavy atom. The van der Waals surface area contributed by atoms with E-state index in [4.69, 9.17) is 13.9 Å². The number of hydrogen-bond acceptors (Lipinski definition) is 6. The molecule has 0 radical (unpaired) electrons. The quantitative estimate of drug-likeness (QED) is 0.669. The molecular formula is C22H22N2O4S. The Bertz CT molecular complexity index is 1160. The van der Waals surface area contributed by atoms with E-state index in [9.17, 15) is 9.00 Å². The van der Waals surface area contributed by atoms with Gasteiger partial charge in [0.15, 0.2) is 0 Å². The summed E-state index contributed by atoms with van der Waals surface area (Å²) in [5.74, 6) is 0.759. The van der Waals surface area contributed by atoms with Gasteiger partial charge in [-0.15, -0.1) is 0 Å². The highest BCUT2D eigenvalue weighted by molar-refractivity contribution is 7.91. The largest absolute Gasteiger partial charge is 0.482 e. The third kappa shape index (κ3) is 4.58. The number of nitrogens with zero attached hydrogens (tertiary/aromatic N) is 1. The second kappa shape index (κ2) is 7.85. The summed E-state index contributed by atoms with van der Waals surface area (Å²) in [6, 6.07) is 16.6. The van der Waals surface area contributed by atoms with Gasteiger partial charge < -0.3 is 9.15 Å². The van der Waals surface area contributed by atoms with Crippen molar-refractivity contribution in [3.63, 3.8) is 0 Å². The van der Waals surface area contributed by atoms with Crippen LogP contribution in [0.2, 0.25) is 0 Å². The predicted octanol–water partition coefficient (Wildman–Crippen LogP) is 3.77. The number of rotatable bonds is 6. The third-order valence-electron chi connectivity index (χ3n) is 4.91. The molecule has 0 saturated carbocycles. The zero-order chi connectivity index (χ0) is 20.4. The summed E-state index contributed by atoms with van der Waals surface area (Å²) in [6.07, 6.45) is 2.74. The predicted molar refractivity (Wildman–Crippen MR) is 110 cm³/mol. The van der Waals surface area contributed by atoms with Gasteiger partial charge in [-0.05, 0) is 28.8 Å². The SMILES string of the molecule is CS(=N)(=O)c1ccc(COc2coc(CN3Cc4ccccc4C3)cc2=O)cc1. The van der Waals surface area contributed by atoms with Crippen LogP contribution in [0.15, 0.2) is 75.0 Å². The third-order valence-corrected chi connectivity index (χ3v) is 6.08. The zero-order valence-corrected chi connectivity index (χ0v) is 16.9. The zero-order valence-electron chi connectivity index (χ0n) is 16.1. The highest BCUT2D eigenvalue weighted by atomic mass is 32.2. The van der Waals surface area contributed by atoms with Gasteiger partial charge in [-0.25, -0.2) is 8.99 Å². The standard InChI is InChI=1S/C22H22N2O4S/c1-29(23,26)20-8-6-16(7-9-20)14-28-22-15-27-19(10-21(22)25)13-24-11-17-4-2-3-5-18(17)12-24/h2-10,15,23H,11-14H2,1H3. The first-order chi connectivity index (χ1) is 13.9. The molecule has 1 aromatic heterocycles. The smallest absolute Gasteiger partial charge is 0.227 e. The molecule has 1 N–H and O–H groups in total. The molecule has 0 aliphatic carbocycles. The molecule has 1 unspecified atom stereocenters. The summed E-state index contributed by atoms with van der Waals surface area (Å²) in [4.78, 5) is 15.1. The van der Waals surface area contributed by atoms with Crippen LogP contribution in [0.1, 0.15) is 22.5 Å². The summed E-state index contributed by atoms with van der Waals surface area (Å²) >= 11 is 0. The summed E-state index contributed by atoms with van der Waals surface area (Å²) < 4.78 is 30.5. The fraction of sp³-hybridized carbons (Fsp3) is 0.227. The minimum atomic E-state index is -2.74. The van der Waals surface area contributed by atoms with Crippen LogP contribution in [-0.4, -0.2) is 15.4 Å². The molecule has 2 heterocycles. The molecule has 0 bridgehead atoms. The van der Waals surface area contributed by atoms with Crippen molar-refractivity contribution in [2.45, 2.75) is 31.1 Å². The molecule has 0 fully saturated rings. The lowest BCUT2D eigenvalue weighted by Gasteiger charge is -2.14. The summed E-state index contributed by atoms with van der Waals surface area (Å²) in [6.45, 7) is 2.44. The van der Waals surface area contributed by atoms with Crippen molar-refractivity contribution in [3.8, 4) is 5.75 Å². The molecule has 7 heteroatoms. The molecule has 0 saturated heterocycles. The fourth-order valence-corrected chi connectivity index (χ4v) is 4.02. The van der Waals surface area contributed by atoms with E-state index >= 15 is 0 Å². The van der Waals surface area contributed by atoms with E-state index in [-0.39, 0.29) is 17.8 Å². The maximum Gasteiger partial charge on any atom is 0.227 e. The molecule has 1 aliphatic rings. The molecule has 1 aliphatic heterocycles. The molecule has 1 atom stereocenters. The minimum Gasteiger partial charge on any atom is -0.482 e. The lowest BCUT2D eigenvalue weighted by molar-refractivity contribution is 0.241. The van der Waals surface area contributed by atoms with E-state index in [0.29, 0.717) is 17.2 Å². The normalized spacial score (nSPS) is 15.6. The number of nitrogens with one attached hydrogen (secondary N) is 1. The Hall–Kier alpha value is -2.90. The van der Waals surface area contributed by atoms with Crippen molar-refractivity contribution in [2.75, 3.05) is 6.26 Å². The average molecular weight is 410 g/mol. The Morgan fingerprint density at radius 3 is 2.34 bits per heavy atom. The van der Waals surface area contributed by atoms with Crippen molar-refractivity contribution in [2.24, 2.45) is 0 Å². The van der Waals surface area contributed by atoms with Crippen LogP contribution in [0.3, 0.4) is 0 Å². The van der Waals surface area contributed by atoms with Gasteiger partial charge in [0.05, 0.1) is 16.3 Å². The Morgan fingerprint density at radius 1 is 1.10 bits per heavy atom. The molecule has 6 nitrogen and oxygen atoms in total. The first-order valence-electron chi connectivity index (χ1n) is 9.25. The van der Waals surface area contributed by atoms with Gasteiger partial charge in [-0.3, -0.25) is 9.69 Å². The number of hydrogen-bond donors (Lipinski definition) is 1. The van der Waals surface area contributed by atoms with E-state index < -0.39 is 9.73 Å². The van der Waals surface area contributed by atoms with Crippen molar-refractivity contribution in [1.29, 1.82) is 4.78 Å². The average Bonchev–Trinajstić information content (AvgIpc) is 3.09. The molecule has 150 valence electrons. The van der Waals surface area contributed by atoms with Gasteiger partial charge in [0, 0.05) is 30.3 Å². The Balaban J connectivity index is 1.37. The molecule has 29 heavy (non-hydrogen) atoms. The van der Waals surface area contributed by atoms with Crippen molar-refractivity contribution < 1.29 is 13.4 Å². The lowest BCUT2D eigenvalue weighted by Crippen LogP contribution is -2.17. The monoisotopic (exact) mass is 410 g/mol. The van der Waals surface area contributed by atoms with Gasteiger partial charge in [0.2, 0.25) is 11.2 Å². The molecular weight excluding hydrogens is 388 g/mol. The first kappa shape index (κ1) is 19.4. The molecule has 0 spiro atoms. The first-order valence-corrected chi connectivity index (χ1v) is 11.2. The van der Waals surface area contributed by atoms with E-state index in [1.165, 1.54) is 29.7 Å². The highest BCUT2D eigenvalue weighted by Gasteiger charge is 2.19. The maximum absolute atomic E-state index is 12.4. The van der Waals surface area contributed by atoms with E-state index in [1.54, 1.807) is 24.3 Å². The molecule has 4 rings (SSSR count). The van der Waals surface area contributed by atoms with Gasteiger partial charge in [0.1, 0.15) is 18.6 Å². The van der Waals surface area contributed by atoms with Crippen molar-refractivity contribution in [1.82, 2.24) is 4.90 Å². The van der Waals surface area contributed by atoms with Crippen molar-refractivity contribution >= 4 is 9.73 Å². The summed E-state index contributed by atoms with van der Waals surface area (Å²) in [5, 5.41) is 0. The topological polar surface area (TPSA) is 83.6 Å². The summed E-state index contributed by atoms with van der Waals surface area (Å²) in [7, 11) is -2.74. The Labute approximate surface area is 169 Å². The van der Waals surface area contributed by atoms with Gasteiger partial charge in [-0.1, -0.05) is 36.4 Å². The van der Waals surface area contributed by atoms with E-state index in [1.807, 2.05) is 12.1 Å². The number of fused-ring (bicyclic) bond motifs is 1. The van der Waals surface area contributed by atoms with Crippen LogP contribution in [0.5, 0.6) is 5.75 Å². The van der Waals surface area contributed by atoms with Gasteiger partial charge in [-0.2, -0.15) is 0 Å². The van der Waals surface area contributed by atoms with Gasteiger partial charge >= 0.3 is 0 Å². The van der Waals surface area contributed by atoms with Gasteiger partial charge in [0.25, 0.3) is 0 Å². The van der Waals surface area contributed by atoms with Crippen LogP contribution >= 0.6 is 0 Å². The molecule has 0 amide bonds.